The lowest BCUT2D eigenvalue weighted by atomic mass is 10.2. The minimum atomic E-state index is -0.153. The SMILES string of the molecule is CC(=O)Nc1ccc(NCc2ccc(Br)cc2Cl)cc1Cl. The van der Waals surface area contributed by atoms with Crippen LogP contribution in [0.5, 0.6) is 0 Å². The van der Waals surface area contributed by atoms with Gasteiger partial charge in [-0.25, -0.2) is 0 Å². The van der Waals surface area contributed by atoms with Gasteiger partial charge >= 0.3 is 0 Å². The molecular weight excluding hydrogens is 375 g/mol. The molecule has 0 bridgehead atoms. The van der Waals surface area contributed by atoms with E-state index in [1.54, 1.807) is 12.1 Å². The van der Waals surface area contributed by atoms with Gasteiger partial charge in [0.05, 0.1) is 10.7 Å². The molecule has 0 aromatic heterocycles. The monoisotopic (exact) mass is 386 g/mol. The highest BCUT2D eigenvalue weighted by molar-refractivity contribution is 9.10. The molecule has 0 radical (unpaired) electrons. The van der Waals surface area contributed by atoms with E-state index < -0.39 is 0 Å². The summed E-state index contributed by atoms with van der Waals surface area (Å²) in [6.45, 7) is 2.03. The van der Waals surface area contributed by atoms with Gasteiger partial charge in [-0.15, -0.1) is 0 Å². The minimum absolute atomic E-state index is 0.153. The van der Waals surface area contributed by atoms with Crippen molar-refractivity contribution in [2.75, 3.05) is 10.6 Å². The van der Waals surface area contributed by atoms with Gasteiger partial charge in [-0.1, -0.05) is 45.2 Å². The Bertz CT molecular complexity index is 677. The summed E-state index contributed by atoms with van der Waals surface area (Å²) in [5.41, 5.74) is 2.44. The molecule has 6 heteroatoms. The smallest absolute Gasteiger partial charge is 0.221 e. The van der Waals surface area contributed by atoms with Crippen molar-refractivity contribution in [3.05, 3.63) is 56.5 Å². The fourth-order valence-corrected chi connectivity index (χ4v) is 2.75. The first kappa shape index (κ1) is 16.1. The zero-order valence-corrected chi connectivity index (χ0v) is 14.3. The Balaban J connectivity index is 2.06. The predicted octanol–water partition coefficient (Wildman–Crippen LogP) is 5.33. The number of benzene rings is 2. The van der Waals surface area contributed by atoms with Gasteiger partial charge < -0.3 is 10.6 Å². The molecule has 0 saturated heterocycles. The largest absolute Gasteiger partial charge is 0.381 e. The molecule has 0 atom stereocenters. The molecule has 2 rings (SSSR count). The average Bonchev–Trinajstić information content (AvgIpc) is 2.40. The molecule has 0 unspecified atom stereocenters. The lowest BCUT2D eigenvalue weighted by Crippen LogP contribution is -2.06. The van der Waals surface area contributed by atoms with Crippen molar-refractivity contribution >= 4 is 56.4 Å². The third-order valence-electron chi connectivity index (χ3n) is 2.78. The molecule has 1 amide bonds. The summed E-state index contributed by atoms with van der Waals surface area (Å²) in [4.78, 5) is 11.0. The highest BCUT2D eigenvalue weighted by Crippen LogP contribution is 2.27. The maximum absolute atomic E-state index is 11.0. The molecule has 0 aliphatic heterocycles. The highest BCUT2D eigenvalue weighted by atomic mass is 79.9. The van der Waals surface area contributed by atoms with Gasteiger partial charge in [-0.2, -0.15) is 0 Å². The van der Waals surface area contributed by atoms with Crippen LogP contribution in [0, 0.1) is 0 Å². The van der Waals surface area contributed by atoms with Gasteiger partial charge in [0.15, 0.2) is 0 Å². The Morgan fingerprint density at radius 3 is 2.52 bits per heavy atom. The lowest BCUT2D eigenvalue weighted by Gasteiger charge is -2.11. The highest BCUT2D eigenvalue weighted by Gasteiger charge is 2.05. The Morgan fingerprint density at radius 1 is 1.14 bits per heavy atom. The van der Waals surface area contributed by atoms with E-state index in [4.69, 9.17) is 23.2 Å². The third kappa shape index (κ3) is 4.63. The first-order valence-electron chi connectivity index (χ1n) is 6.20. The first-order chi connectivity index (χ1) is 9.95. The van der Waals surface area contributed by atoms with Gasteiger partial charge in [-0.3, -0.25) is 4.79 Å². The second kappa shape index (κ2) is 7.16. The summed E-state index contributed by atoms with van der Waals surface area (Å²) in [6.07, 6.45) is 0. The topological polar surface area (TPSA) is 41.1 Å². The standard InChI is InChI=1S/C15H13BrCl2N2O/c1-9(21)20-15-5-4-12(7-14(15)18)19-8-10-2-3-11(16)6-13(10)17/h2-7,19H,8H2,1H3,(H,20,21). The van der Waals surface area contributed by atoms with Crippen LogP contribution >= 0.6 is 39.1 Å². The van der Waals surface area contributed by atoms with E-state index in [1.165, 1.54) is 6.92 Å². The second-order valence-corrected chi connectivity index (χ2v) is 6.20. The first-order valence-corrected chi connectivity index (χ1v) is 7.75. The molecule has 0 saturated carbocycles. The molecule has 2 aromatic carbocycles. The molecule has 0 aliphatic rings. The fourth-order valence-electron chi connectivity index (χ4n) is 1.78. The zero-order chi connectivity index (χ0) is 15.4. The van der Waals surface area contributed by atoms with Crippen molar-refractivity contribution in [2.45, 2.75) is 13.5 Å². The lowest BCUT2D eigenvalue weighted by molar-refractivity contribution is -0.114. The van der Waals surface area contributed by atoms with Gasteiger partial charge in [0.1, 0.15) is 0 Å². The van der Waals surface area contributed by atoms with E-state index in [1.807, 2.05) is 24.3 Å². The van der Waals surface area contributed by atoms with Crippen LogP contribution in [0.1, 0.15) is 12.5 Å². The Kier molecular flexibility index (Phi) is 5.51. The summed E-state index contributed by atoms with van der Waals surface area (Å²) < 4.78 is 0.943. The number of carbonyl (C=O) groups is 1. The van der Waals surface area contributed by atoms with Crippen LogP contribution in [0.4, 0.5) is 11.4 Å². The molecular formula is C15H13BrCl2N2O. The third-order valence-corrected chi connectivity index (χ3v) is 3.94. The molecule has 0 spiro atoms. The molecule has 3 nitrogen and oxygen atoms in total. The van der Waals surface area contributed by atoms with Crippen LogP contribution in [0.2, 0.25) is 10.0 Å². The summed E-state index contributed by atoms with van der Waals surface area (Å²) in [5, 5.41) is 7.09. The molecule has 2 aromatic rings. The number of hydrogen-bond acceptors (Lipinski definition) is 2. The summed E-state index contributed by atoms with van der Waals surface area (Å²) in [5.74, 6) is -0.153. The minimum Gasteiger partial charge on any atom is -0.381 e. The van der Waals surface area contributed by atoms with E-state index in [0.29, 0.717) is 22.3 Å². The van der Waals surface area contributed by atoms with Crippen molar-refractivity contribution < 1.29 is 4.79 Å². The van der Waals surface area contributed by atoms with Crippen molar-refractivity contribution in [3.8, 4) is 0 Å². The molecule has 110 valence electrons. The summed E-state index contributed by atoms with van der Waals surface area (Å²) >= 11 is 15.7. The quantitative estimate of drug-likeness (QED) is 0.744. The number of nitrogens with one attached hydrogen (secondary N) is 2. The van der Waals surface area contributed by atoms with E-state index >= 15 is 0 Å². The van der Waals surface area contributed by atoms with Crippen LogP contribution in [0.15, 0.2) is 40.9 Å². The number of halogens is 3. The predicted molar refractivity (Wildman–Crippen MR) is 92.2 cm³/mol. The maximum atomic E-state index is 11.0. The number of anilines is 2. The zero-order valence-electron chi connectivity index (χ0n) is 11.2. The number of carbonyl (C=O) groups excluding carboxylic acids is 1. The van der Waals surface area contributed by atoms with Crippen LogP contribution < -0.4 is 10.6 Å². The van der Waals surface area contributed by atoms with Crippen molar-refractivity contribution in [2.24, 2.45) is 0 Å². The van der Waals surface area contributed by atoms with Crippen molar-refractivity contribution in [1.29, 1.82) is 0 Å². The number of amides is 1. The molecule has 0 fully saturated rings. The Hall–Kier alpha value is -1.23. The average molecular weight is 388 g/mol. The molecule has 2 N–H and O–H groups in total. The van der Waals surface area contributed by atoms with Crippen LogP contribution in [-0.4, -0.2) is 5.91 Å². The van der Waals surface area contributed by atoms with Gasteiger partial charge in [0, 0.05) is 28.7 Å². The van der Waals surface area contributed by atoms with Crippen molar-refractivity contribution in [1.82, 2.24) is 0 Å². The van der Waals surface area contributed by atoms with E-state index in [-0.39, 0.29) is 5.91 Å². The maximum Gasteiger partial charge on any atom is 0.221 e. The van der Waals surface area contributed by atoms with E-state index in [0.717, 1.165) is 15.7 Å². The molecule has 21 heavy (non-hydrogen) atoms. The summed E-state index contributed by atoms with van der Waals surface area (Å²) in [6, 6.07) is 11.1. The number of rotatable bonds is 4. The molecule has 0 aliphatic carbocycles. The van der Waals surface area contributed by atoms with Crippen LogP contribution in [-0.2, 0) is 11.3 Å². The van der Waals surface area contributed by atoms with Crippen molar-refractivity contribution in [3.63, 3.8) is 0 Å². The summed E-state index contributed by atoms with van der Waals surface area (Å²) in [7, 11) is 0. The van der Waals surface area contributed by atoms with Crippen LogP contribution in [0.25, 0.3) is 0 Å². The second-order valence-electron chi connectivity index (χ2n) is 4.47. The van der Waals surface area contributed by atoms with Gasteiger partial charge in [0.25, 0.3) is 0 Å². The Morgan fingerprint density at radius 2 is 1.90 bits per heavy atom. The van der Waals surface area contributed by atoms with Gasteiger partial charge in [-0.05, 0) is 35.9 Å². The van der Waals surface area contributed by atoms with E-state index in [2.05, 4.69) is 26.6 Å². The molecule has 0 heterocycles. The normalized spacial score (nSPS) is 10.3. The number of hydrogen-bond donors (Lipinski definition) is 2. The Labute approximate surface area is 141 Å². The fraction of sp³-hybridized carbons (Fsp3) is 0.133. The van der Waals surface area contributed by atoms with Gasteiger partial charge in [0.2, 0.25) is 5.91 Å². The van der Waals surface area contributed by atoms with E-state index in [9.17, 15) is 4.79 Å². The van der Waals surface area contributed by atoms with Crippen LogP contribution in [0.3, 0.4) is 0 Å².